The van der Waals surface area contributed by atoms with Gasteiger partial charge in [0.25, 0.3) is 0 Å². The zero-order valence-electron chi connectivity index (χ0n) is 15.0. The van der Waals surface area contributed by atoms with Crippen LogP contribution in [0.2, 0.25) is 0 Å². The molecular formula is C20H23N3O2. The number of aromatic nitrogens is 1. The van der Waals surface area contributed by atoms with E-state index >= 15 is 0 Å². The highest BCUT2D eigenvalue weighted by Gasteiger charge is 2.40. The van der Waals surface area contributed by atoms with Gasteiger partial charge >= 0.3 is 6.09 Å². The summed E-state index contributed by atoms with van der Waals surface area (Å²) in [7, 11) is 0. The first-order chi connectivity index (χ1) is 11.8. The molecule has 1 saturated heterocycles. The first kappa shape index (κ1) is 17.2. The highest BCUT2D eigenvalue weighted by molar-refractivity contribution is 5.78. The summed E-state index contributed by atoms with van der Waals surface area (Å²) in [6, 6.07) is 14.3. The molecule has 2 heterocycles. The van der Waals surface area contributed by atoms with Crippen molar-refractivity contribution in [2.24, 2.45) is 0 Å². The highest BCUT2D eigenvalue weighted by atomic mass is 16.6. The van der Waals surface area contributed by atoms with Gasteiger partial charge in [-0.25, -0.2) is 4.79 Å². The van der Waals surface area contributed by atoms with Gasteiger partial charge in [0.2, 0.25) is 0 Å². The molecule has 0 aliphatic carbocycles. The Bertz CT molecular complexity index is 825. The summed E-state index contributed by atoms with van der Waals surface area (Å²) in [5.41, 5.74) is 0.519. The Hall–Kier alpha value is -2.61. The number of nitrogens with zero attached hydrogens (tertiary/aromatic N) is 3. The van der Waals surface area contributed by atoms with Crippen LogP contribution in [0.15, 0.2) is 36.4 Å². The third-order valence-corrected chi connectivity index (χ3v) is 4.57. The molecule has 0 saturated carbocycles. The van der Waals surface area contributed by atoms with E-state index in [2.05, 4.69) is 6.07 Å². The van der Waals surface area contributed by atoms with Crippen LogP contribution in [0.4, 0.5) is 4.79 Å². The standard InChI is InChI=1S/C20H23N3O2/c1-19(2,3)25-18(24)23-12-10-20(14-21,11-13-23)17-9-8-15-6-4-5-7-16(15)22-17/h4-9H,10-13H2,1-3H3. The van der Waals surface area contributed by atoms with E-state index in [1.54, 1.807) is 4.90 Å². The van der Waals surface area contributed by atoms with E-state index in [9.17, 15) is 10.1 Å². The van der Waals surface area contributed by atoms with Crippen LogP contribution in [-0.2, 0) is 10.2 Å². The number of para-hydroxylation sites is 1. The number of benzene rings is 1. The molecule has 0 radical (unpaired) electrons. The highest BCUT2D eigenvalue weighted by Crippen LogP contribution is 2.35. The molecule has 0 atom stereocenters. The monoisotopic (exact) mass is 337 g/mol. The Morgan fingerprint density at radius 3 is 2.52 bits per heavy atom. The Labute approximate surface area is 148 Å². The number of carbonyl (C=O) groups excluding carboxylic acids is 1. The normalized spacial score (nSPS) is 17.1. The molecule has 0 unspecified atom stereocenters. The van der Waals surface area contributed by atoms with Crippen LogP contribution >= 0.6 is 0 Å². The molecule has 0 N–H and O–H groups in total. The lowest BCUT2D eigenvalue weighted by Gasteiger charge is -2.37. The largest absolute Gasteiger partial charge is 0.444 e. The molecule has 0 bridgehead atoms. The predicted molar refractivity (Wildman–Crippen MR) is 96.1 cm³/mol. The number of piperidine rings is 1. The number of fused-ring (bicyclic) bond motifs is 1. The van der Waals surface area contributed by atoms with Crippen LogP contribution in [0.3, 0.4) is 0 Å². The number of ether oxygens (including phenoxy) is 1. The lowest BCUT2D eigenvalue weighted by atomic mass is 9.76. The fourth-order valence-corrected chi connectivity index (χ4v) is 3.16. The summed E-state index contributed by atoms with van der Waals surface area (Å²) in [6.45, 7) is 6.56. The van der Waals surface area contributed by atoms with Gasteiger partial charge in [-0.05, 0) is 45.7 Å². The van der Waals surface area contributed by atoms with Gasteiger partial charge in [0.15, 0.2) is 0 Å². The molecule has 25 heavy (non-hydrogen) atoms. The maximum atomic E-state index is 12.2. The van der Waals surface area contributed by atoms with Crippen molar-refractivity contribution in [3.63, 3.8) is 0 Å². The van der Waals surface area contributed by atoms with Crippen molar-refractivity contribution in [2.45, 2.75) is 44.6 Å². The van der Waals surface area contributed by atoms with Crippen molar-refractivity contribution in [3.05, 3.63) is 42.1 Å². The van der Waals surface area contributed by atoms with E-state index in [-0.39, 0.29) is 6.09 Å². The summed E-state index contributed by atoms with van der Waals surface area (Å²) < 4.78 is 5.43. The summed E-state index contributed by atoms with van der Waals surface area (Å²) in [5.74, 6) is 0. The molecule has 1 aromatic carbocycles. The maximum absolute atomic E-state index is 12.2. The average Bonchev–Trinajstić information content (AvgIpc) is 2.60. The van der Waals surface area contributed by atoms with Gasteiger partial charge in [0.1, 0.15) is 11.0 Å². The van der Waals surface area contributed by atoms with E-state index in [4.69, 9.17) is 9.72 Å². The van der Waals surface area contributed by atoms with Crippen molar-refractivity contribution >= 4 is 17.0 Å². The van der Waals surface area contributed by atoms with E-state index in [0.29, 0.717) is 25.9 Å². The van der Waals surface area contributed by atoms with E-state index in [1.807, 2.05) is 57.2 Å². The van der Waals surface area contributed by atoms with Crippen molar-refractivity contribution in [1.82, 2.24) is 9.88 Å². The number of hydrogen-bond donors (Lipinski definition) is 0. The van der Waals surface area contributed by atoms with Crippen LogP contribution in [-0.4, -0.2) is 34.7 Å². The van der Waals surface area contributed by atoms with Gasteiger partial charge in [0, 0.05) is 18.5 Å². The van der Waals surface area contributed by atoms with E-state index < -0.39 is 11.0 Å². The van der Waals surface area contributed by atoms with Crippen molar-refractivity contribution in [3.8, 4) is 6.07 Å². The molecule has 1 fully saturated rings. The second-order valence-electron chi connectivity index (χ2n) is 7.55. The first-order valence-corrected chi connectivity index (χ1v) is 8.58. The molecule has 1 aliphatic heterocycles. The summed E-state index contributed by atoms with van der Waals surface area (Å²) in [6.07, 6.45) is 0.813. The smallest absolute Gasteiger partial charge is 0.410 e. The number of rotatable bonds is 1. The van der Waals surface area contributed by atoms with Gasteiger partial charge in [-0.2, -0.15) is 5.26 Å². The average molecular weight is 337 g/mol. The maximum Gasteiger partial charge on any atom is 0.410 e. The lowest BCUT2D eigenvalue weighted by Crippen LogP contribution is -2.46. The zero-order valence-corrected chi connectivity index (χ0v) is 15.0. The fraction of sp³-hybridized carbons (Fsp3) is 0.450. The van der Waals surface area contributed by atoms with E-state index in [1.165, 1.54) is 0 Å². The van der Waals surface area contributed by atoms with E-state index in [0.717, 1.165) is 16.6 Å². The minimum absolute atomic E-state index is 0.314. The number of carbonyl (C=O) groups is 1. The molecule has 5 heteroatoms. The molecular weight excluding hydrogens is 314 g/mol. The van der Waals surface area contributed by atoms with Crippen LogP contribution < -0.4 is 0 Å². The van der Waals surface area contributed by atoms with Crippen molar-refractivity contribution in [1.29, 1.82) is 5.26 Å². The molecule has 1 aliphatic rings. The predicted octanol–water partition coefficient (Wildman–Crippen LogP) is 4.03. The first-order valence-electron chi connectivity index (χ1n) is 8.58. The molecule has 1 amide bonds. The molecule has 2 aromatic rings. The van der Waals surface area contributed by atoms with Gasteiger partial charge < -0.3 is 9.64 Å². The Morgan fingerprint density at radius 2 is 1.88 bits per heavy atom. The molecule has 130 valence electrons. The van der Waals surface area contributed by atoms with Gasteiger partial charge in [-0.3, -0.25) is 4.98 Å². The van der Waals surface area contributed by atoms with Crippen LogP contribution in [0.25, 0.3) is 10.9 Å². The Morgan fingerprint density at radius 1 is 1.20 bits per heavy atom. The van der Waals surface area contributed by atoms with Crippen LogP contribution in [0.1, 0.15) is 39.3 Å². The second-order valence-corrected chi connectivity index (χ2v) is 7.55. The SMILES string of the molecule is CC(C)(C)OC(=O)N1CCC(C#N)(c2ccc3ccccc3n2)CC1. The Balaban J connectivity index is 1.79. The van der Waals surface area contributed by atoms with Crippen LogP contribution in [0, 0.1) is 11.3 Å². The second kappa shape index (κ2) is 6.36. The molecule has 1 aromatic heterocycles. The minimum atomic E-state index is -0.650. The number of pyridine rings is 1. The quantitative estimate of drug-likeness (QED) is 0.788. The summed E-state index contributed by atoms with van der Waals surface area (Å²) in [5, 5.41) is 10.9. The van der Waals surface area contributed by atoms with Crippen molar-refractivity contribution < 1.29 is 9.53 Å². The lowest BCUT2D eigenvalue weighted by molar-refractivity contribution is 0.0184. The van der Waals surface area contributed by atoms with Gasteiger partial charge in [-0.1, -0.05) is 24.3 Å². The van der Waals surface area contributed by atoms with Crippen LogP contribution in [0.5, 0.6) is 0 Å². The third-order valence-electron chi connectivity index (χ3n) is 4.57. The summed E-state index contributed by atoms with van der Waals surface area (Å²) >= 11 is 0. The third kappa shape index (κ3) is 3.58. The fourth-order valence-electron chi connectivity index (χ4n) is 3.16. The number of hydrogen-bond acceptors (Lipinski definition) is 4. The van der Waals surface area contributed by atoms with Gasteiger partial charge in [-0.15, -0.1) is 0 Å². The zero-order chi connectivity index (χ0) is 18.1. The number of likely N-dealkylation sites (tertiary alicyclic amines) is 1. The topological polar surface area (TPSA) is 66.2 Å². The van der Waals surface area contributed by atoms with Gasteiger partial charge in [0.05, 0.1) is 17.3 Å². The molecule has 0 spiro atoms. The minimum Gasteiger partial charge on any atom is -0.444 e. The van der Waals surface area contributed by atoms with Crippen molar-refractivity contribution in [2.75, 3.05) is 13.1 Å². The molecule has 3 rings (SSSR count). The Kier molecular flexibility index (Phi) is 4.38. The molecule has 5 nitrogen and oxygen atoms in total. The number of amides is 1. The number of nitriles is 1. The summed E-state index contributed by atoms with van der Waals surface area (Å²) in [4.78, 5) is 18.6.